The first kappa shape index (κ1) is 15.8. The molecule has 4 rings (SSSR count). The number of benzene rings is 2. The van der Waals surface area contributed by atoms with E-state index in [9.17, 15) is 4.79 Å². The summed E-state index contributed by atoms with van der Waals surface area (Å²) in [4.78, 5) is 14.6. The third kappa shape index (κ3) is 3.02. The summed E-state index contributed by atoms with van der Waals surface area (Å²) in [6, 6.07) is 14.4. The van der Waals surface area contributed by atoms with Gasteiger partial charge in [0.05, 0.1) is 11.6 Å². The first-order valence-corrected chi connectivity index (χ1v) is 8.79. The van der Waals surface area contributed by atoms with Crippen LogP contribution in [0.15, 0.2) is 42.5 Å². The van der Waals surface area contributed by atoms with Crippen LogP contribution in [-0.4, -0.2) is 38.9 Å². The molecule has 0 aliphatic carbocycles. The number of aromatic nitrogens is 3. The number of rotatable bonds is 2. The first-order chi connectivity index (χ1) is 12.1. The Balaban J connectivity index is 1.48. The zero-order chi connectivity index (χ0) is 17.4. The second kappa shape index (κ2) is 6.31. The number of likely N-dealkylation sites (tertiary alicyclic amines) is 1. The molecule has 1 aliphatic rings. The lowest BCUT2D eigenvalue weighted by Gasteiger charge is -2.32. The third-order valence-electron chi connectivity index (χ3n) is 4.99. The molecule has 0 bridgehead atoms. The van der Waals surface area contributed by atoms with E-state index < -0.39 is 0 Å². The van der Waals surface area contributed by atoms with Crippen LogP contribution in [0.2, 0.25) is 0 Å². The van der Waals surface area contributed by atoms with Crippen LogP contribution in [0.1, 0.15) is 40.4 Å². The van der Waals surface area contributed by atoms with Crippen LogP contribution in [0.25, 0.3) is 11.0 Å². The fraction of sp³-hybridized carbons (Fsp3) is 0.350. The van der Waals surface area contributed by atoms with E-state index in [1.165, 1.54) is 5.56 Å². The number of carbonyl (C=O) groups is 1. The molecule has 1 aliphatic heterocycles. The fourth-order valence-electron chi connectivity index (χ4n) is 3.60. The van der Waals surface area contributed by atoms with Crippen LogP contribution in [0, 0.1) is 13.8 Å². The molecule has 5 heteroatoms. The smallest absolute Gasteiger partial charge is 0.253 e. The van der Waals surface area contributed by atoms with Gasteiger partial charge >= 0.3 is 0 Å². The van der Waals surface area contributed by atoms with Crippen molar-refractivity contribution in [3.63, 3.8) is 0 Å². The molecule has 128 valence electrons. The maximum absolute atomic E-state index is 12.7. The molecule has 0 radical (unpaired) electrons. The Hall–Kier alpha value is -2.69. The average molecular weight is 334 g/mol. The van der Waals surface area contributed by atoms with Gasteiger partial charge in [-0.2, -0.15) is 0 Å². The highest BCUT2D eigenvalue weighted by molar-refractivity contribution is 5.94. The van der Waals surface area contributed by atoms with Gasteiger partial charge in [-0.25, -0.2) is 4.68 Å². The molecule has 1 fully saturated rings. The average Bonchev–Trinajstić information content (AvgIpc) is 3.04. The molecule has 25 heavy (non-hydrogen) atoms. The number of carbonyl (C=O) groups excluding carboxylic acids is 1. The van der Waals surface area contributed by atoms with Gasteiger partial charge in [0.1, 0.15) is 5.52 Å². The molecule has 2 aromatic carbocycles. The van der Waals surface area contributed by atoms with E-state index in [1.54, 1.807) is 0 Å². The molecule has 0 atom stereocenters. The largest absolute Gasteiger partial charge is 0.338 e. The Morgan fingerprint density at radius 1 is 1.04 bits per heavy atom. The van der Waals surface area contributed by atoms with Crippen molar-refractivity contribution in [2.45, 2.75) is 32.7 Å². The van der Waals surface area contributed by atoms with Crippen LogP contribution in [0.3, 0.4) is 0 Å². The SMILES string of the molecule is Cc1cccc(C(=O)N2CCC(n3nnc4cc(C)ccc43)CC2)c1. The van der Waals surface area contributed by atoms with Gasteiger partial charge in [0.25, 0.3) is 5.91 Å². The van der Waals surface area contributed by atoms with Gasteiger partial charge in [-0.3, -0.25) is 4.79 Å². The molecule has 0 N–H and O–H groups in total. The molecule has 5 nitrogen and oxygen atoms in total. The van der Waals surface area contributed by atoms with E-state index in [2.05, 4.69) is 35.4 Å². The highest BCUT2D eigenvalue weighted by atomic mass is 16.2. The number of amides is 1. The Morgan fingerprint density at radius 2 is 1.80 bits per heavy atom. The summed E-state index contributed by atoms with van der Waals surface area (Å²) >= 11 is 0. The van der Waals surface area contributed by atoms with Gasteiger partial charge in [0.15, 0.2) is 0 Å². The van der Waals surface area contributed by atoms with Crippen LogP contribution in [0.5, 0.6) is 0 Å². The van der Waals surface area contributed by atoms with Crippen molar-refractivity contribution in [1.29, 1.82) is 0 Å². The van der Waals surface area contributed by atoms with E-state index in [0.29, 0.717) is 6.04 Å². The molecule has 1 amide bonds. The molecule has 0 unspecified atom stereocenters. The number of hydrogen-bond acceptors (Lipinski definition) is 3. The zero-order valence-corrected chi connectivity index (χ0v) is 14.6. The van der Waals surface area contributed by atoms with Crippen molar-refractivity contribution >= 4 is 16.9 Å². The monoisotopic (exact) mass is 334 g/mol. The zero-order valence-electron chi connectivity index (χ0n) is 14.6. The van der Waals surface area contributed by atoms with E-state index in [0.717, 1.165) is 48.1 Å². The normalized spacial score (nSPS) is 15.7. The number of hydrogen-bond donors (Lipinski definition) is 0. The highest BCUT2D eigenvalue weighted by Gasteiger charge is 2.26. The van der Waals surface area contributed by atoms with Crippen LogP contribution in [-0.2, 0) is 0 Å². The van der Waals surface area contributed by atoms with Crippen molar-refractivity contribution in [1.82, 2.24) is 19.9 Å². The standard InChI is InChI=1S/C20H22N4O/c1-14-4-3-5-16(12-14)20(25)23-10-8-17(9-11-23)24-19-7-6-15(2)13-18(19)21-22-24/h3-7,12-13,17H,8-11H2,1-2H3. The highest BCUT2D eigenvalue weighted by Crippen LogP contribution is 2.26. The minimum Gasteiger partial charge on any atom is -0.338 e. The molecule has 1 saturated heterocycles. The van der Waals surface area contributed by atoms with E-state index in [-0.39, 0.29) is 5.91 Å². The van der Waals surface area contributed by atoms with Crippen LogP contribution < -0.4 is 0 Å². The van der Waals surface area contributed by atoms with Crippen LogP contribution in [0.4, 0.5) is 0 Å². The van der Waals surface area contributed by atoms with E-state index >= 15 is 0 Å². The van der Waals surface area contributed by atoms with Crippen LogP contribution >= 0.6 is 0 Å². The number of aryl methyl sites for hydroxylation is 2. The van der Waals surface area contributed by atoms with E-state index in [4.69, 9.17) is 0 Å². The summed E-state index contributed by atoms with van der Waals surface area (Å²) in [6.45, 7) is 5.59. The van der Waals surface area contributed by atoms with Crippen molar-refractivity contribution in [2.24, 2.45) is 0 Å². The Bertz CT molecular complexity index is 922. The molecule has 0 saturated carbocycles. The first-order valence-electron chi connectivity index (χ1n) is 8.79. The maximum atomic E-state index is 12.7. The van der Waals surface area contributed by atoms with E-state index in [1.807, 2.05) is 40.8 Å². The lowest BCUT2D eigenvalue weighted by molar-refractivity contribution is 0.0691. The van der Waals surface area contributed by atoms with Gasteiger partial charge in [-0.1, -0.05) is 29.0 Å². The molecular weight excluding hydrogens is 312 g/mol. The molecule has 0 spiro atoms. The Kier molecular flexibility index (Phi) is 3.99. The van der Waals surface area contributed by atoms with Crippen molar-refractivity contribution in [3.8, 4) is 0 Å². The fourth-order valence-corrected chi connectivity index (χ4v) is 3.60. The quantitative estimate of drug-likeness (QED) is 0.720. The lowest BCUT2D eigenvalue weighted by Crippen LogP contribution is -2.39. The summed E-state index contributed by atoms with van der Waals surface area (Å²) in [7, 11) is 0. The van der Waals surface area contributed by atoms with Crippen molar-refractivity contribution in [3.05, 3.63) is 59.2 Å². The van der Waals surface area contributed by atoms with Crippen molar-refractivity contribution < 1.29 is 4.79 Å². The second-order valence-electron chi connectivity index (χ2n) is 6.92. The van der Waals surface area contributed by atoms with Gasteiger partial charge in [0, 0.05) is 18.7 Å². The van der Waals surface area contributed by atoms with Gasteiger partial charge in [-0.05, 0) is 56.5 Å². The van der Waals surface area contributed by atoms with Gasteiger partial charge < -0.3 is 4.90 Å². The topological polar surface area (TPSA) is 51.0 Å². The second-order valence-corrected chi connectivity index (χ2v) is 6.92. The Morgan fingerprint density at radius 3 is 2.56 bits per heavy atom. The van der Waals surface area contributed by atoms with Crippen molar-refractivity contribution in [2.75, 3.05) is 13.1 Å². The number of piperidine rings is 1. The number of nitrogens with zero attached hydrogens (tertiary/aromatic N) is 4. The maximum Gasteiger partial charge on any atom is 0.253 e. The predicted octanol–water partition coefficient (Wildman–Crippen LogP) is 3.53. The summed E-state index contributed by atoms with van der Waals surface area (Å²) in [6.07, 6.45) is 1.81. The summed E-state index contributed by atoms with van der Waals surface area (Å²) in [5.41, 5.74) is 5.11. The molecule has 2 heterocycles. The Labute approximate surface area is 147 Å². The minimum absolute atomic E-state index is 0.126. The van der Waals surface area contributed by atoms with Gasteiger partial charge in [0.2, 0.25) is 0 Å². The summed E-state index contributed by atoms with van der Waals surface area (Å²) < 4.78 is 2.03. The molecule has 3 aromatic rings. The molecular formula is C20H22N4O. The number of fused-ring (bicyclic) bond motifs is 1. The minimum atomic E-state index is 0.126. The third-order valence-corrected chi connectivity index (χ3v) is 4.99. The summed E-state index contributed by atoms with van der Waals surface area (Å²) in [5.74, 6) is 0.126. The van der Waals surface area contributed by atoms with Gasteiger partial charge in [-0.15, -0.1) is 5.10 Å². The molecule has 1 aromatic heterocycles. The summed E-state index contributed by atoms with van der Waals surface area (Å²) in [5, 5.41) is 8.66. The lowest BCUT2D eigenvalue weighted by atomic mass is 10.0. The predicted molar refractivity (Wildman–Crippen MR) is 97.6 cm³/mol.